The number of hydrogen-bond acceptors (Lipinski definition) is 3. The van der Waals surface area contributed by atoms with Crippen molar-refractivity contribution in [1.82, 2.24) is 10.2 Å². The highest BCUT2D eigenvalue weighted by atomic mass is 16.5. The molecule has 4 aliphatic carbocycles. The highest BCUT2D eigenvalue weighted by Gasteiger charge is 2.47. The second kappa shape index (κ2) is 7.43. The molecule has 2 bridgehead atoms. The van der Waals surface area contributed by atoms with Crippen molar-refractivity contribution in [2.24, 2.45) is 29.6 Å². The van der Waals surface area contributed by atoms with Crippen LogP contribution in [0, 0.1) is 29.6 Å². The lowest BCUT2D eigenvalue weighted by atomic mass is 9.76. The van der Waals surface area contributed by atoms with Crippen LogP contribution in [0.25, 0.3) is 0 Å². The summed E-state index contributed by atoms with van der Waals surface area (Å²) in [6, 6.07) is 0.370. The normalized spacial score (nSPS) is 43.5. The second-order valence-electron chi connectivity index (χ2n) is 10.0. The van der Waals surface area contributed by atoms with E-state index < -0.39 is 0 Å². The fraction of sp³-hybridized carbons (Fsp3) is 0.955. The van der Waals surface area contributed by atoms with E-state index in [2.05, 4.69) is 10.2 Å². The van der Waals surface area contributed by atoms with Crippen LogP contribution in [0.5, 0.6) is 0 Å². The number of morpholine rings is 1. The molecule has 0 aromatic carbocycles. The Morgan fingerprint density at radius 3 is 2.62 bits per heavy atom. The number of carbonyl (C=O) groups is 1. The third kappa shape index (κ3) is 3.69. The van der Waals surface area contributed by atoms with E-state index in [0.29, 0.717) is 12.6 Å². The molecule has 1 N–H and O–H groups in total. The Hall–Kier alpha value is -0.610. The lowest BCUT2D eigenvalue weighted by Crippen LogP contribution is -2.57. The molecule has 0 spiro atoms. The molecule has 1 aliphatic heterocycles. The van der Waals surface area contributed by atoms with Crippen LogP contribution < -0.4 is 5.32 Å². The molecule has 5 rings (SSSR count). The quantitative estimate of drug-likeness (QED) is 0.837. The van der Waals surface area contributed by atoms with Crippen LogP contribution in [0.4, 0.5) is 0 Å². The van der Waals surface area contributed by atoms with Gasteiger partial charge in [-0.1, -0.05) is 12.8 Å². The first kappa shape index (κ1) is 17.5. The first-order chi connectivity index (χ1) is 12.8. The number of nitrogens with zero attached hydrogens (tertiary/aromatic N) is 1. The molecule has 0 aromatic heterocycles. The Labute approximate surface area is 158 Å². The number of nitrogens with one attached hydrogen (secondary N) is 1. The third-order valence-corrected chi connectivity index (χ3v) is 8.24. The molecule has 6 unspecified atom stereocenters. The maximum absolute atomic E-state index is 13.2. The molecule has 1 heterocycles. The first-order valence-corrected chi connectivity index (χ1v) is 11.4. The maximum atomic E-state index is 13.2. The molecular formula is C22H36N2O2. The van der Waals surface area contributed by atoms with Crippen LogP contribution in [0.3, 0.4) is 0 Å². The average Bonchev–Trinajstić information content (AvgIpc) is 3.18. The topological polar surface area (TPSA) is 41.6 Å². The Kier molecular flexibility index (Phi) is 4.99. The van der Waals surface area contributed by atoms with Gasteiger partial charge in [0.25, 0.3) is 0 Å². The summed E-state index contributed by atoms with van der Waals surface area (Å²) in [6.45, 7) is 3.40. The molecule has 1 amide bonds. The number of carbonyl (C=O) groups excluding carboxylic acids is 1. The van der Waals surface area contributed by atoms with E-state index in [1.165, 1.54) is 64.2 Å². The van der Waals surface area contributed by atoms with E-state index in [1.54, 1.807) is 0 Å². The largest absolute Gasteiger partial charge is 0.378 e. The molecule has 1 saturated heterocycles. The van der Waals surface area contributed by atoms with Crippen LogP contribution >= 0.6 is 0 Å². The molecule has 0 radical (unpaired) electrons. The SMILES string of the molecule is O=C(NC1CCC2CC3CC3CC1C2)C1COCCN1CC1CCCC1. The van der Waals surface area contributed by atoms with Crippen LogP contribution in [0.1, 0.15) is 64.2 Å². The molecule has 5 fully saturated rings. The third-order valence-electron chi connectivity index (χ3n) is 8.24. The zero-order valence-electron chi connectivity index (χ0n) is 16.2. The van der Waals surface area contributed by atoms with E-state index in [-0.39, 0.29) is 11.9 Å². The van der Waals surface area contributed by atoms with E-state index in [4.69, 9.17) is 4.74 Å². The van der Waals surface area contributed by atoms with Crippen molar-refractivity contribution in [3.63, 3.8) is 0 Å². The number of rotatable bonds is 4. The number of fused-ring (bicyclic) bond motifs is 3. The fourth-order valence-corrected chi connectivity index (χ4v) is 6.63. The van der Waals surface area contributed by atoms with Crippen molar-refractivity contribution in [3.05, 3.63) is 0 Å². The van der Waals surface area contributed by atoms with Crippen LogP contribution in [-0.4, -0.2) is 49.2 Å². The summed E-state index contributed by atoms with van der Waals surface area (Å²) in [6.07, 6.45) is 13.7. The van der Waals surface area contributed by atoms with Gasteiger partial charge in [0.15, 0.2) is 0 Å². The molecule has 4 heteroatoms. The second-order valence-corrected chi connectivity index (χ2v) is 10.0. The Bertz CT molecular complexity index is 516. The van der Waals surface area contributed by atoms with E-state index in [0.717, 1.165) is 49.3 Å². The molecule has 4 nitrogen and oxygen atoms in total. The smallest absolute Gasteiger partial charge is 0.239 e. The molecule has 6 atom stereocenters. The Morgan fingerprint density at radius 1 is 0.962 bits per heavy atom. The minimum absolute atomic E-state index is 0.0541. The van der Waals surface area contributed by atoms with Gasteiger partial charge in [-0.15, -0.1) is 0 Å². The van der Waals surface area contributed by atoms with Crippen LogP contribution in [-0.2, 0) is 9.53 Å². The standard InChI is InChI=1S/C22H36N2O2/c25-22(21-14-26-8-7-24(21)13-15-3-1-2-4-15)23-20-6-5-16-9-17-11-18(17)12-19(20)10-16/h15-21H,1-14H2,(H,23,25). The van der Waals surface area contributed by atoms with Gasteiger partial charge in [-0.3, -0.25) is 9.69 Å². The highest BCUT2D eigenvalue weighted by Crippen LogP contribution is 2.54. The van der Waals surface area contributed by atoms with Crippen molar-refractivity contribution in [2.45, 2.75) is 76.3 Å². The average molecular weight is 361 g/mol. The van der Waals surface area contributed by atoms with Gasteiger partial charge in [0.05, 0.1) is 13.2 Å². The molecule has 146 valence electrons. The predicted octanol–water partition coefficient (Wildman–Crippen LogP) is 3.21. The van der Waals surface area contributed by atoms with Crippen molar-refractivity contribution in [3.8, 4) is 0 Å². The van der Waals surface area contributed by atoms with E-state index >= 15 is 0 Å². The summed E-state index contributed by atoms with van der Waals surface area (Å²) < 4.78 is 5.71. The lowest BCUT2D eigenvalue weighted by Gasteiger charge is -2.39. The van der Waals surface area contributed by atoms with Gasteiger partial charge in [0, 0.05) is 19.1 Å². The minimum atomic E-state index is -0.0541. The van der Waals surface area contributed by atoms with Crippen molar-refractivity contribution in [1.29, 1.82) is 0 Å². The summed E-state index contributed by atoms with van der Waals surface area (Å²) in [5.74, 6) is 4.76. The fourth-order valence-electron chi connectivity index (χ4n) is 6.63. The summed E-state index contributed by atoms with van der Waals surface area (Å²) in [7, 11) is 0. The maximum Gasteiger partial charge on any atom is 0.239 e. The van der Waals surface area contributed by atoms with Crippen LogP contribution in [0.15, 0.2) is 0 Å². The molecule has 5 aliphatic rings. The Morgan fingerprint density at radius 2 is 1.73 bits per heavy atom. The van der Waals surface area contributed by atoms with Gasteiger partial charge < -0.3 is 10.1 Å². The van der Waals surface area contributed by atoms with E-state index in [9.17, 15) is 4.79 Å². The molecular weight excluding hydrogens is 324 g/mol. The summed E-state index contributed by atoms with van der Waals surface area (Å²) in [4.78, 5) is 15.6. The molecule has 0 aromatic rings. The monoisotopic (exact) mass is 360 g/mol. The lowest BCUT2D eigenvalue weighted by molar-refractivity contribution is -0.134. The van der Waals surface area contributed by atoms with Gasteiger partial charge in [-0.2, -0.15) is 0 Å². The van der Waals surface area contributed by atoms with Gasteiger partial charge in [0.1, 0.15) is 6.04 Å². The number of ether oxygens (including phenoxy) is 1. The highest BCUT2D eigenvalue weighted by molar-refractivity contribution is 5.82. The van der Waals surface area contributed by atoms with Gasteiger partial charge >= 0.3 is 0 Å². The van der Waals surface area contributed by atoms with Gasteiger partial charge in [-0.25, -0.2) is 0 Å². The molecule has 4 saturated carbocycles. The number of amides is 1. The minimum Gasteiger partial charge on any atom is -0.378 e. The zero-order chi connectivity index (χ0) is 17.5. The van der Waals surface area contributed by atoms with Crippen molar-refractivity contribution >= 4 is 5.91 Å². The first-order valence-electron chi connectivity index (χ1n) is 11.4. The molecule has 26 heavy (non-hydrogen) atoms. The number of hydrogen-bond donors (Lipinski definition) is 1. The van der Waals surface area contributed by atoms with Crippen molar-refractivity contribution < 1.29 is 9.53 Å². The Balaban J connectivity index is 1.20. The van der Waals surface area contributed by atoms with Crippen molar-refractivity contribution in [2.75, 3.05) is 26.3 Å². The van der Waals surface area contributed by atoms with Crippen LogP contribution in [0.2, 0.25) is 0 Å². The van der Waals surface area contributed by atoms with E-state index in [1.807, 2.05) is 0 Å². The van der Waals surface area contributed by atoms with Gasteiger partial charge in [0.2, 0.25) is 5.91 Å². The predicted molar refractivity (Wildman–Crippen MR) is 102 cm³/mol. The zero-order valence-corrected chi connectivity index (χ0v) is 16.2. The van der Waals surface area contributed by atoms with Gasteiger partial charge in [-0.05, 0) is 81.0 Å². The summed E-state index contributed by atoms with van der Waals surface area (Å²) in [5.41, 5.74) is 0. The summed E-state index contributed by atoms with van der Waals surface area (Å²) >= 11 is 0. The summed E-state index contributed by atoms with van der Waals surface area (Å²) in [5, 5.41) is 3.51.